The molecule has 0 atom stereocenters. The molecular weight excluding hydrogens is 252 g/mol. The molecular formula is C17H22O3. The van der Waals surface area contributed by atoms with Crippen molar-refractivity contribution in [3.8, 4) is 0 Å². The molecule has 0 saturated heterocycles. The van der Waals surface area contributed by atoms with Gasteiger partial charge in [0.25, 0.3) is 0 Å². The van der Waals surface area contributed by atoms with Crippen LogP contribution in [-0.2, 0) is 15.6 Å². The lowest BCUT2D eigenvalue weighted by Gasteiger charge is -2.22. The SMILES string of the molecule is CC1(C)CC(C)(C)c2cc(C(=O)CCC(=O)O)ccc21. The highest BCUT2D eigenvalue weighted by atomic mass is 16.4. The van der Waals surface area contributed by atoms with Gasteiger partial charge in [0.05, 0.1) is 6.42 Å². The zero-order chi connectivity index (χ0) is 15.1. The molecule has 0 saturated carbocycles. The Hall–Kier alpha value is -1.64. The molecule has 0 fully saturated rings. The van der Waals surface area contributed by atoms with E-state index in [2.05, 4.69) is 27.7 Å². The molecule has 1 aromatic rings. The van der Waals surface area contributed by atoms with Gasteiger partial charge in [-0.15, -0.1) is 0 Å². The first-order valence-electron chi connectivity index (χ1n) is 7.03. The third-order valence-corrected chi connectivity index (χ3v) is 4.25. The van der Waals surface area contributed by atoms with E-state index < -0.39 is 5.97 Å². The highest BCUT2D eigenvalue weighted by molar-refractivity contribution is 5.97. The topological polar surface area (TPSA) is 54.4 Å². The lowest BCUT2D eigenvalue weighted by molar-refractivity contribution is -0.136. The largest absolute Gasteiger partial charge is 0.481 e. The summed E-state index contributed by atoms with van der Waals surface area (Å²) >= 11 is 0. The van der Waals surface area contributed by atoms with Crippen LogP contribution in [0, 0.1) is 0 Å². The van der Waals surface area contributed by atoms with Crippen molar-refractivity contribution in [2.24, 2.45) is 0 Å². The Balaban J connectivity index is 2.33. The molecule has 2 rings (SSSR count). The molecule has 0 heterocycles. The molecule has 3 nitrogen and oxygen atoms in total. The molecule has 0 bridgehead atoms. The van der Waals surface area contributed by atoms with E-state index in [1.165, 1.54) is 11.1 Å². The van der Waals surface area contributed by atoms with Crippen molar-refractivity contribution >= 4 is 11.8 Å². The maximum absolute atomic E-state index is 12.1. The second-order valence-corrected chi connectivity index (χ2v) is 7.02. The molecule has 1 aliphatic carbocycles. The first kappa shape index (κ1) is 14.8. The van der Waals surface area contributed by atoms with Crippen LogP contribution in [0.1, 0.15) is 68.4 Å². The number of ketones is 1. The normalized spacial score (nSPS) is 18.6. The van der Waals surface area contributed by atoms with E-state index in [0.717, 1.165) is 6.42 Å². The van der Waals surface area contributed by atoms with E-state index in [1.54, 1.807) is 0 Å². The highest BCUT2D eigenvalue weighted by Crippen LogP contribution is 2.49. The van der Waals surface area contributed by atoms with E-state index in [1.807, 2.05) is 18.2 Å². The van der Waals surface area contributed by atoms with Crippen molar-refractivity contribution in [3.63, 3.8) is 0 Å². The molecule has 108 valence electrons. The number of rotatable bonds is 4. The molecule has 1 N–H and O–H groups in total. The Morgan fingerprint density at radius 3 is 2.25 bits per heavy atom. The number of carboxylic acids is 1. The fraction of sp³-hybridized carbons (Fsp3) is 0.529. The summed E-state index contributed by atoms with van der Waals surface area (Å²) in [7, 11) is 0. The number of benzene rings is 1. The van der Waals surface area contributed by atoms with Gasteiger partial charge in [-0.05, 0) is 34.4 Å². The lowest BCUT2D eigenvalue weighted by Crippen LogP contribution is -2.18. The second kappa shape index (κ2) is 4.72. The maximum atomic E-state index is 12.1. The van der Waals surface area contributed by atoms with Gasteiger partial charge in [-0.3, -0.25) is 9.59 Å². The predicted octanol–water partition coefficient (Wildman–Crippen LogP) is 3.69. The minimum Gasteiger partial charge on any atom is -0.481 e. The molecule has 0 spiro atoms. The highest BCUT2D eigenvalue weighted by Gasteiger charge is 2.41. The van der Waals surface area contributed by atoms with Crippen molar-refractivity contribution in [2.75, 3.05) is 0 Å². The van der Waals surface area contributed by atoms with Crippen molar-refractivity contribution in [1.82, 2.24) is 0 Å². The lowest BCUT2D eigenvalue weighted by atomic mass is 9.82. The van der Waals surface area contributed by atoms with Gasteiger partial charge >= 0.3 is 5.97 Å². The molecule has 3 heteroatoms. The fourth-order valence-corrected chi connectivity index (χ4v) is 3.53. The quantitative estimate of drug-likeness (QED) is 0.852. The fourth-order valence-electron chi connectivity index (χ4n) is 3.53. The van der Waals surface area contributed by atoms with Crippen LogP contribution < -0.4 is 0 Å². The molecule has 0 radical (unpaired) electrons. The Morgan fingerprint density at radius 2 is 1.65 bits per heavy atom. The van der Waals surface area contributed by atoms with E-state index >= 15 is 0 Å². The number of aliphatic carboxylic acids is 1. The van der Waals surface area contributed by atoms with E-state index in [4.69, 9.17) is 5.11 Å². The minimum atomic E-state index is -0.930. The summed E-state index contributed by atoms with van der Waals surface area (Å²) in [5.41, 5.74) is 3.35. The summed E-state index contributed by atoms with van der Waals surface area (Å²) in [4.78, 5) is 22.6. The monoisotopic (exact) mass is 274 g/mol. The Labute approximate surface area is 120 Å². The van der Waals surface area contributed by atoms with Crippen molar-refractivity contribution < 1.29 is 14.7 Å². The van der Waals surface area contributed by atoms with Gasteiger partial charge < -0.3 is 5.11 Å². The number of carbonyl (C=O) groups excluding carboxylic acids is 1. The number of fused-ring (bicyclic) bond motifs is 1. The second-order valence-electron chi connectivity index (χ2n) is 7.02. The smallest absolute Gasteiger partial charge is 0.303 e. The number of carboxylic acid groups (broad SMARTS) is 1. The average molecular weight is 274 g/mol. The zero-order valence-electron chi connectivity index (χ0n) is 12.6. The Kier molecular flexibility index (Phi) is 3.49. The maximum Gasteiger partial charge on any atom is 0.303 e. The van der Waals surface area contributed by atoms with Crippen LogP contribution in [0.25, 0.3) is 0 Å². The molecule has 0 amide bonds. The molecule has 0 aromatic heterocycles. The summed E-state index contributed by atoms with van der Waals surface area (Å²) in [6.45, 7) is 8.86. The Morgan fingerprint density at radius 1 is 1.05 bits per heavy atom. The van der Waals surface area contributed by atoms with Crippen LogP contribution in [0.4, 0.5) is 0 Å². The summed E-state index contributed by atoms with van der Waals surface area (Å²) in [6, 6.07) is 5.85. The average Bonchev–Trinajstić information content (AvgIpc) is 2.52. The molecule has 1 aromatic carbocycles. The van der Waals surface area contributed by atoms with Crippen molar-refractivity contribution in [1.29, 1.82) is 0 Å². The van der Waals surface area contributed by atoms with Crippen LogP contribution in [-0.4, -0.2) is 16.9 Å². The van der Waals surface area contributed by atoms with Crippen LogP contribution in [0.5, 0.6) is 0 Å². The number of Topliss-reactive ketones (excluding diaryl/α,β-unsaturated/α-hetero) is 1. The van der Waals surface area contributed by atoms with Gasteiger partial charge in [0, 0.05) is 12.0 Å². The van der Waals surface area contributed by atoms with Crippen molar-refractivity contribution in [3.05, 3.63) is 34.9 Å². The van der Waals surface area contributed by atoms with Gasteiger partial charge in [0.15, 0.2) is 5.78 Å². The van der Waals surface area contributed by atoms with Gasteiger partial charge in [-0.1, -0.05) is 39.8 Å². The van der Waals surface area contributed by atoms with E-state index in [0.29, 0.717) is 5.56 Å². The van der Waals surface area contributed by atoms with Gasteiger partial charge in [-0.25, -0.2) is 0 Å². The van der Waals surface area contributed by atoms with Crippen molar-refractivity contribution in [2.45, 2.75) is 57.8 Å². The van der Waals surface area contributed by atoms with Crippen LogP contribution >= 0.6 is 0 Å². The standard InChI is InChI=1S/C17H22O3/c1-16(2)10-17(3,4)13-9-11(5-6-12(13)16)14(18)7-8-15(19)20/h5-6,9H,7-8,10H2,1-4H3,(H,19,20). The summed E-state index contributed by atoms with van der Waals surface area (Å²) in [5.74, 6) is -1.02. The minimum absolute atomic E-state index is 0.0575. The number of carbonyl (C=O) groups is 2. The molecule has 0 unspecified atom stereocenters. The third kappa shape index (κ3) is 2.62. The first-order chi connectivity index (χ1) is 9.13. The molecule has 20 heavy (non-hydrogen) atoms. The summed E-state index contributed by atoms with van der Waals surface area (Å²) < 4.78 is 0. The van der Waals surface area contributed by atoms with Crippen LogP contribution in [0.2, 0.25) is 0 Å². The van der Waals surface area contributed by atoms with Crippen LogP contribution in [0.15, 0.2) is 18.2 Å². The predicted molar refractivity (Wildman–Crippen MR) is 78.3 cm³/mol. The molecule has 1 aliphatic rings. The molecule has 0 aliphatic heterocycles. The number of hydrogen-bond donors (Lipinski definition) is 1. The van der Waals surface area contributed by atoms with Gasteiger partial charge in [-0.2, -0.15) is 0 Å². The van der Waals surface area contributed by atoms with Crippen LogP contribution in [0.3, 0.4) is 0 Å². The van der Waals surface area contributed by atoms with Gasteiger partial charge in [0.1, 0.15) is 0 Å². The summed E-state index contributed by atoms with van der Waals surface area (Å²) in [6.07, 6.45) is 1.02. The first-order valence-corrected chi connectivity index (χ1v) is 7.03. The van der Waals surface area contributed by atoms with E-state index in [9.17, 15) is 9.59 Å². The number of hydrogen-bond acceptors (Lipinski definition) is 2. The Bertz CT molecular complexity index is 568. The summed E-state index contributed by atoms with van der Waals surface area (Å²) in [5, 5.41) is 8.66. The van der Waals surface area contributed by atoms with E-state index in [-0.39, 0.29) is 29.5 Å². The third-order valence-electron chi connectivity index (χ3n) is 4.25. The van der Waals surface area contributed by atoms with Gasteiger partial charge in [0.2, 0.25) is 0 Å². The zero-order valence-corrected chi connectivity index (χ0v) is 12.6.